The van der Waals surface area contributed by atoms with Gasteiger partial charge in [0.1, 0.15) is 5.69 Å². The van der Waals surface area contributed by atoms with Gasteiger partial charge in [0.15, 0.2) is 0 Å². The quantitative estimate of drug-likeness (QED) is 0.673. The Kier molecular flexibility index (Phi) is 6.36. The second kappa shape index (κ2) is 8.49. The second-order valence-electron chi connectivity index (χ2n) is 6.17. The zero-order chi connectivity index (χ0) is 17.5. The predicted octanol–water partition coefficient (Wildman–Crippen LogP) is 0.439. The van der Waals surface area contributed by atoms with Crippen LogP contribution in [0.15, 0.2) is 23.1 Å². The molecule has 0 bridgehead atoms. The van der Waals surface area contributed by atoms with Crippen molar-refractivity contribution >= 4 is 17.6 Å². The van der Waals surface area contributed by atoms with Crippen LogP contribution in [0.5, 0.6) is 0 Å². The SMILES string of the molecule is CN(C)CCN1C(=O)CC[C@H]1CCNC(=O)Nc1ccc[nH]c1=O. The van der Waals surface area contributed by atoms with Gasteiger partial charge in [-0.1, -0.05) is 0 Å². The first-order chi connectivity index (χ1) is 11.5. The van der Waals surface area contributed by atoms with E-state index in [-0.39, 0.29) is 23.2 Å². The van der Waals surface area contributed by atoms with Crippen LogP contribution < -0.4 is 16.2 Å². The first-order valence-electron chi connectivity index (χ1n) is 8.14. The van der Waals surface area contributed by atoms with Gasteiger partial charge in [-0.3, -0.25) is 9.59 Å². The number of hydrogen-bond acceptors (Lipinski definition) is 4. The minimum absolute atomic E-state index is 0.165. The van der Waals surface area contributed by atoms with Crippen LogP contribution in [0, 0.1) is 0 Å². The minimum atomic E-state index is -0.420. The largest absolute Gasteiger partial charge is 0.338 e. The van der Waals surface area contributed by atoms with Crippen molar-refractivity contribution in [2.45, 2.75) is 25.3 Å². The van der Waals surface area contributed by atoms with Crippen LogP contribution in [0.4, 0.5) is 10.5 Å². The first-order valence-corrected chi connectivity index (χ1v) is 8.14. The number of anilines is 1. The van der Waals surface area contributed by atoms with Crippen molar-refractivity contribution in [1.29, 1.82) is 0 Å². The summed E-state index contributed by atoms with van der Waals surface area (Å²) < 4.78 is 0. The van der Waals surface area contributed by atoms with Gasteiger partial charge < -0.3 is 25.4 Å². The molecule has 1 atom stereocenters. The highest BCUT2D eigenvalue weighted by atomic mass is 16.2. The predicted molar refractivity (Wildman–Crippen MR) is 92.0 cm³/mol. The average molecular weight is 335 g/mol. The van der Waals surface area contributed by atoms with E-state index in [4.69, 9.17) is 0 Å². The van der Waals surface area contributed by atoms with Gasteiger partial charge in [0.2, 0.25) is 5.91 Å². The highest BCUT2D eigenvalue weighted by Gasteiger charge is 2.30. The Balaban J connectivity index is 1.76. The molecule has 132 valence electrons. The highest BCUT2D eigenvalue weighted by molar-refractivity contribution is 5.88. The van der Waals surface area contributed by atoms with E-state index in [1.54, 1.807) is 6.07 Å². The van der Waals surface area contributed by atoms with E-state index in [2.05, 4.69) is 15.6 Å². The number of urea groups is 1. The van der Waals surface area contributed by atoms with E-state index in [0.29, 0.717) is 25.9 Å². The lowest BCUT2D eigenvalue weighted by Crippen LogP contribution is -2.40. The standard InChI is InChI=1S/C16H25N5O3/c1-20(2)10-11-21-12(5-6-14(21)22)7-9-18-16(24)19-13-4-3-8-17-15(13)23/h3-4,8,12H,5-7,9-11H2,1-2H3,(H,17,23)(H2,18,19,24)/t12-/m0/s1. The van der Waals surface area contributed by atoms with Crippen LogP contribution in [0.1, 0.15) is 19.3 Å². The van der Waals surface area contributed by atoms with Gasteiger partial charge in [0.25, 0.3) is 5.56 Å². The number of carbonyl (C=O) groups is 2. The zero-order valence-electron chi connectivity index (χ0n) is 14.2. The molecular weight excluding hydrogens is 310 g/mol. The van der Waals surface area contributed by atoms with E-state index in [9.17, 15) is 14.4 Å². The monoisotopic (exact) mass is 335 g/mol. The van der Waals surface area contributed by atoms with Gasteiger partial charge in [-0.15, -0.1) is 0 Å². The molecule has 8 heteroatoms. The van der Waals surface area contributed by atoms with Crippen LogP contribution in [0.2, 0.25) is 0 Å². The summed E-state index contributed by atoms with van der Waals surface area (Å²) in [5.41, 5.74) is -0.137. The summed E-state index contributed by atoms with van der Waals surface area (Å²) in [4.78, 5) is 41.7. The lowest BCUT2D eigenvalue weighted by molar-refractivity contribution is -0.129. The maximum absolute atomic E-state index is 11.9. The lowest BCUT2D eigenvalue weighted by atomic mass is 10.1. The molecule has 0 radical (unpaired) electrons. The molecule has 1 aromatic rings. The fourth-order valence-corrected chi connectivity index (χ4v) is 2.75. The molecule has 0 saturated carbocycles. The molecule has 1 saturated heterocycles. The third-order valence-electron chi connectivity index (χ3n) is 4.07. The van der Waals surface area contributed by atoms with Crippen molar-refractivity contribution < 1.29 is 9.59 Å². The first kappa shape index (κ1) is 18.0. The molecule has 0 unspecified atom stereocenters. The molecule has 0 spiro atoms. The van der Waals surface area contributed by atoms with Crippen LogP contribution in [-0.4, -0.2) is 66.5 Å². The van der Waals surface area contributed by atoms with E-state index in [1.165, 1.54) is 12.3 Å². The van der Waals surface area contributed by atoms with Crippen molar-refractivity contribution in [3.63, 3.8) is 0 Å². The summed E-state index contributed by atoms with van der Waals surface area (Å²) in [7, 11) is 3.96. The molecule has 3 N–H and O–H groups in total. The summed E-state index contributed by atoms with van der Waals surface area (Å²) in [6.07, 6.45) is 3.61. The zero-order valence-corrected chi connectivity index (χ0v) is 14.2. The number of likely N-dealkylation sites (N-methyl/N-ethyl adjacent to an activating group) is 1. The summed E-state index contributed by atoms with van der Waals surface area (Å²) in [6, 6.07) is 2.93. The number of rotatable bonds is 7. The van der Waals surface area contributed by atoms with Crippen LogP contribution in [0.3, 0.4) is 0 Å². The maximum atomic E-state index is 11.9. The number of aromatic amines is 1. The van der Waals surface area contributed by atoms with Crippen LogP contribution in [0.25, 0.3) is 0 Å². The number of pyridine rings is 1. The third-order valence-corrected chi connectivity index (χ3v) is 4.07. The number of hydrogen-bond donors (Lipinski definition) is 3. The van der Waals surface area contributed by atoms with Crippen molar-refractivity contribution in [2.75, 3.05) is 39.0 Å². The molecule has 1 aliphatic heterocycles. The van der Waals surface area contributed by atoms with E-state index >= 15 is 0 Å². The van der Waals surface area contributed by atoms with E-state index in [1.807, 2.05) is 23.9 Å². The lowest BCUT2D eigenvalue weighted by Gasteiger charge is -2.26. The molecule has 8 nitrogen and oxygen atoms in total. The van der Waals surface area contributed by atoms with Gasteiger partial charge in [0, 0.05) is 38.3 Å². The molecule has 3 amide bonds. The molecule has 0 aromatic carbocycles. The van der Waals surface area contributed by atoms with Gasteiger partial charge in [0.05, 0.1) is 0 Å². The Bertz CT molecular complexity index is 628. The topological polar surface area (TPSA) is 97.5 Å². The number of nitrogens with one attached hydrogen (secondary N) is 3. The molecule has 0 aliphatic carbocycles. The number of likely N-dealkylation sites (tertiary alicyclic amines) is 1. The van der Waals surface area contributed by atoms with E-state index < -0.39 is 6.03 Å². The number of amides is 3. The molecule has 1 fully saturated rings. The van der Waals surface area contributed by atoms with Gasteiger partial charge in [-0.2, -0.15) is 0 Å². The van der Waals surface area contributed by atoms with Crippen LogP contribution >= 0.6 is 0 Å². The van der Waals surface area contributed by atoms with Crippen molar-refractivity contribution in [2.24, 2.45) is 0 Å². The number of carbonyl (C=O) groups excluding carboxylic acids is 2. The number of H-pyrrole nitrogens is 1. The average Bonchev–Trinajstić information content (AvgIpc) is 2.88. The summed E-state index contributed by atoms with van der Waals surface area (Å²) in [6.45, 7) is 1.99. The highest BCUT2D eigenvalue weighted by Crippen LogP contribution is 2.20. The fourth-order valence-electron chi connectivity index (χ4n) is 2.75. The third kappa shape index (κ3) is 5.09. The summed E-state index contributed by atoms with van der Waals surface area (Å²) in [5.74, 6) is 0.183. The molecule has 1 aromatic heterocycles. The second-order valence-corrected chi connectivity index (χ2v) is 6.17. The Morgan fingerprint density at radius 2 is 2.21 bits per heavy atom. The van der Waals surface area contributed by atoms with E-state index in [0.717, 1.165) is 13.0 Å². The summed E-state index contributed by atoms with van der Waals surface area (Å²) >= 11 is 0. The normalized spacial score (nSPS) is 17.4. The Hall–Kier alpha value is -2.35. The van der Waals surface area contributed by atoms with Crippen molar-refractivity contribution in [1.82, 2.24) is 20.1 Å². The minimum Gasteiger partial charge on any atom is -0.338 e. The van der Waals surface area contributed by atoms with Gasteiger partial charge in [-0.25, -0.2) is 4.79 Å². The molecule has 1 aliphatic rings. The van der Waals surface area contributed by atoms with Crippen molar-refractivity contribution in [3.8, 4) is 0 Å². The smallest absolute Gasteiger partial charge is 0.319 e. The van der Waals surface area contributed by atoms with Crippen molar-refractivity contribution in [3.05, 3.63) is 28.7 Å². The molecule has 2 heterocycles. The number of nitrogens with zero attached hydrogens (tertiary/aromatic N) is 2. The van der Waals surface area contributed by atoms with Gasteiger partial charge in [-0.05, 0) is 39.1 Å². The van der Waals surface area contributed by atoms with Gasteiger partial charge >= 0.3 is 6.03 Å². The summed E-state index contributed by atoms with van der Waals surface area (Å²) in [5, 5.41) is 5.25. The maximum Gasteiger partial charge on any atom is 0.319 e. The molecule has 24 heavy (non-hydrogen) atoms. The Morgan fingerprint density at radius 1 is 1.42 bits per heavy atom. The Labute approximate surface area is 141 Å². The molecule has 2 rings (SSSR count). The van der Waals surface area contributed by atoms with Crippen LogP contribution in [-0.2, 0) is 4.79 Å². The number of aromatic nitrogens is 1. The Morgan fingerprint density at radius 3 is 2.92 bits per heavy atom. The fraction of sp³-hybridized carbons (Fsp3) is 0.562. The molecular formula is C16H25N5O3.